The van der Waals surface area contributed by atoms with Crippen LogP contribution in [0.15, 0.2) is 46.8 Å². The number of rotatable bonds is 8. The molecule has 0 atom stereocenters. The lowest BCUT2D eigenvalue weighted by Crippen LogP contribution is -2.38. The normalized spacial score (nSPS) is 10.8. The summed E-state index contributed by atoms with van der Waals surface area (Å²) in [6, 6.07) is 12.4. The zero-order valence-electron chi connectivity index (χ0n) is 14.2. The minimum absolute atomic E-state index is 0. The molecule has 0 unspecified atom stereocenters. The molecule has 0 aliphatic heterocycles. The fourth-order valence-corrected chi connectivity index (χ4v) is 2.85. The standard InChI is InChI=1S/C18H25N3OS.HI/c1-3-19-18(21-14-16-9-7-13-23-16)20-12-11-15-8-5-6-10-17(15)22-4-2;/h5-10,13H,3-4,11-12,14H2,1-2H3,(H2,19,20,21);1H. The fourth-order valence-electron chi connectivity index (χ4n) is 2.22. The molecular formula is C18H26IN3OS. The first-order valence-corrected chi connectivity index (χ1v) is 8.96. The van der Waals surface area contributed by atoms with Crippen LogP contribution in [0, 0.1) is 0 Å². The quantitative estimate of drug-likeness (QED) is 0.356. The molecule has 0 amide bonds. The van der Waals surface area contributed by atoms with Gasteiger partial charge < -0.3 is 15.4 Å². The highest BCUT2D eigenvalue weighted by atomic mass is 127. The lowest BCUT2D eigenvalue weighted by Gasteiger charge is -2.13. The Labute approximate surface area is 165 Å². The molecule has 1 heterocycles. The number of benzene rings is 1. The molecular weight excluding hydrogens is 433 g/mol. The summed E-state index contributed by atoms with van der Waals surface area (Å²) in [5.74, 6) is 1.83. The van der Waals surface area contributed by atoms with Crippen molar-refractivity contribution in [2.45, 2.75) is 26.8 Å². The summed E-state index contributed by atoms with van der Waals surface area (Å²) in [6.07, 6.45) is 0.902. The Bertz CT molecular complexity index is 602. The van der Waals surface area contributed by atoms with E-state index >= 15 is 0 Å². The van der Waals surface area contributed by atoms with E-state index in [1.807, 2.05) is 25.1 Å². The van der Waals surface area contributed by atoms with Crippen molar-refractivity contribution >= 4 is 41.3 Å². The van der Waals surface area contributed by atoms with Crippen LogP contribution in [0.25, 0.3) is 0 Å². The van der Waals surface area contributed by atoms with Gasteiger partial charge in [0.15, 0.2) is 5.96 Å². The molecule has 1 aromatic carbocycles. The Kier molecular flexibility index (Phi) is 10.5. The fraction of sp³-hybridized carbons (Fsp3) is 0.389. The average molecular weight is 459 g/mol. The summed E-state index contributed by atoms with van der Waals surface area (Å²) in [7, 11) is 0. The highest BCUT2D eigenvalue weighted by Crippen LogP contribution is 2.18. The second-order valence-electron chi connectivity index (χ2n) is 4.99. The van der Waals surface area contributed by atoms with Crippen LogP contribution in [0.5, 0.6) is 5.75 Å². The van der Waals surface area contributed by atoms with Crippen LogP contribution in [0.3, 0.4) is 0 Å². The van der Waals surface area contributed by atoms with Crippen LogP contribution in [0.2, 0.25) is 0 Å². The Morgan fingerprint density at radius 3 is 2.67 bits per heavy atom. The molecule has 0 bridgehead atoms. The number of aliphatic imine (C=N–C) groups is 1. The van der Waals surface area contributed by atoms with Gasteiger partial charge >= 0.3 is 0 Å². The van der Waals surface area contributed by atoms with Crippen molar-refractivity contribution in [1.82, 2.24) is 10.6 Å². The predicted octanol–water partition coefficient (Wildman–Crippen LogP) is 4.06. The molecule has 0 saturated heterocycles. The largest absolute Gasteiger partial charge is 0.494 e. The highest BCUT2D eigenvalue weighted by molar-refractivity contribution is 14.0. The van der Waals surface area contributed by atoms with Gasteiger partial charge in [-0.1, -0.05) is 24.3 Å². The molecule has 0 fully saturated rings. The Balaban J connectivity index is 0.00000288. The summed E-state index contributed by atoms with van der Waals surface area (Å²) in [5, 5.41) is 8.75. The van der Waals surface area contributed by atoms with E-state index < -0.39 is 0 Å². The van der Waals surface area contributed by atoms with Crippen LogP contribution in [-0.2, 0) is 13.0 Å². The van der Waals surface area contributed by atoms with E-state index in [9.17, 15) is 0 Å². The maximum atomic E-state index is 5.67. The van der Waals surface area contributed by atoms with Crippen molar-refractivity contribution in [3.63, 3.8) is 0 Å². The van der Waals surface area contributed by atoms with Crippen molar-refractivity contribution in [3.8, 4) is 5.75 Å². The molecule has 0 radical (unpaired) electrons. The van der Waals surface area contributed by atoms with Gasteiger partial charge in [0, 0.05) is 18.0 Å². The van der Waals surface area contributed by atoms with Crippen LogP contribution < -0.4 is 15.4 Å². The lowest BCUT2D eigenvalue weighted by atomic mass is 10.1. The van der Waals surface area contributed by atoms with Crippen molar-refractivity contribution in [2.24, 2.45) is 4.99 Å². The minimum atomic E-state index is 0. The third kappa shape index (κ3) is 7.09. The number of para-hydroxylation sites is 1. The summed E-state index contributed by atoms with van der Waals surface area (Å²) in [6.45, 7) is 7.16. The van der Waals surface area contributed by atoms with Gasteiger partial charge in [-0.2, -0.15) is 0 Å². The van der Waals surface area contributed by atoms with Gasteiger partial charge in [0.1, 0.15) is 5.75 Å². The average Bonchev–Trinajstić information content (AvgIpc) is 3.08. The molecule has 2 aromatic rings. The smallest absolute Gasteiger partial charge is 0.191 e. The number of nitrogens with zero attached hydrogens (tertiary/aromatic N) is 1. The second-order valence-corrected chi connectivity index (χ2v) is 6.02. The van der Waals surface area contributed by atoms with Crippen LogP contribution >= 0.6 is 35.3 Å². The van der Waals surface area contributed by atoms with E-state index in [1.165, 1.54) is 10.4 Å². The van der Waals surface area contributed by atoms with Gasteiger partial charge in [-0.15, -0.1) is 35.3 Å². The number of halogens is 1. The van der Waals surface area contributed by atoms with E-state index in [0.717, 1.165) is 31.2 Å². The van der Waals surface area contributed by atoms with E-state index in [-0.39, 0.29) is 24.0 Å². The zero-order chi connectivity index (χ0) is 16.3. The van der Waals surface area contributed by atoms with Crippen molar-refractivity contribution in [1.29, 1.82) is 0 Å². The van der Waals surface area contributed by atoms with E-state index in [1.54, 1.807) is 11.3 Å². The Hall–Kier alpha value is -1.28. The SMILES string of the molecule is CCNC(=NCc1cccs1)NCCc1ccccc1OCC.I. The minimum Gasteiger partial charge on any atom is -0.494 e. The van der Waals surface area contributed by atoms with Gasteiger partial charge in [-0.25, -0.2) is 4.99 Å². The first-order valence-electron chi connectivity index (χ1n) is 8.08. The maximum Gasteiger partial charge on any atom is 0.191 e. The summed E-state index contributed by atoms with van der Waals surface area (Å²) >= 11 is 1.73. The van der Waals surface area contributed by atoms with Crippen molar-refractivity contribution < 1.29 is 4.74 Å². The third-order valence-electron chi connectivity index (χ3n) is 3.28. The molecule has 24 heavy (non-hydrogen) atoms. The first-order chi connectivity index (χ1) is 11.3. The number of hydrogen-bond donors (Lipinski definition) is 2. The summed E-state index contributed by atoms with van der Waals surface area (Å²) < 4.78 is 5.67. The van der Waals surface area contributed by atoms with Crippen molar-refractivity contribution in [2.75, 3.05) is 19.7 Å². The van der Waals surface area contributed by atoms with E-state index in [4.69, 9.17) is 4.74 Å². The number of guanidine groups is 1. The summed E-state index contributed by atoms with van der Waals surface area (Å²) in [5.41, 5.74) is 1.22. The number of nitrogens with one attached hydrogen (secondary N) is 2. The molecule has 6 heteroatoms. The van der Waals surface area contributed by atoms with Crippen molar-refractivity contribution in [3.05, 3.63) is 52.2 Å². The molecule has 0 saturated carbocycles. The second kappa shape index (κ2) is 12.1. The molecule has 4 nitrogen and oxygen atoms in total. The van der Waals surface area contributed by atoms with Crippen LogP contribution in [-0.4, -0.2) is 25.7 Å². The molecule has 0 aliphatic rings. The van der Waals surface area contributed by atoms with E-state index in [2.05, 4.69) is 46.1 Å². The Morgan fingerprint density at radius 1 is 1.12 bits per heavy atom. The third-order valence-corrected chi connectivity index (χ3v) is 4.14. The molecule has 2 N–H and O–H groups in total. The van der Waals surface area contributed by atoms with Crippen LogP contribution in [0.1, 0.15) is 24.3 Å². The van der Waals surface area contributed by atoms with Crippen LogP contribution in [0.4, 0.5) is 0 Å². The zero-order valence-corrected chi connectivity index (χ0v) is 17.4. The maximum absolute atomic E-state index is 5.67. The number of hydrogen-bond acceptors (Lipinski definition) is 3. The lowest BCUT2D eigenvalue weighted by molar-refractivity contribution is 0.336. The summed E-state index contributed by atoms with van der Waals surface area (Å²) in [4.78, 5) is 5.89. The van der Waals surface area contributed by atoms with E-state index in [0.29, 0.717) is 13.2 Å². The molecule has 1 aromatic heterocycles. The highest BCUT2D eigenvalue weighted by Gasteiger charge is 2.03. The monoisotopic (exact) mass is 459 g/mol. The predicted molar refractivity (Wildman–Crippen MR) is 114 cm³/mol. The van der Waals surface area contributed by atoms with Gasteiger partial charge in [0.05, 0.1) is 13.2 Å². The first kappa shape index (κ1) is 20.8. The topological polar surface area (TPSA) is 45.7 Å². The van der Waals surface area contributed by atoms with Gasteiger partial charge in [0.25, 0.3) is 0 Å². The molecule has 2 rings (SSSR count). The van der Waals surface area contributed by atoms with Gasteiger partial charge in [0.2, 0.25) is 0 Å². The molecule has 0 aliphatic carbocycles. The Morgan fingerprint density at radius 2 is 1.96 bits per heavy atom. The van der Waals surface area contributed by atoms with Gasteiger partial charge in [-0.05, 0) is 43.3 Å². The number of ether oxygens (including phenoxy) is 1. The molecule has 0 spiro atoms. The van der Waals surface area contributed by atoms with Gasteiger partial charge in [-0.3, -0.25) is 0 Å². The molecule has 132 valence electrons. The number of thiophene rings is 1.